The number of ether oxygens (including phenoxy) is 1. The van der Waals surface area contributed by atoms with E-state index in [0.29, 0.717) is 16.5 Å². The van der Waals surface area contributed by atoms with Crippen molar-refractivity contribution in [3.63, 3.8) is 0 Å². The topological polar surface area (TPSA) is 74.2 Å². The first kappa shape index (κ1) is 22.3. The molecule has 1 N–H and O–H groups in total. The van der Waals surface area contributed by atoms with Crippen molar-refractivity contribution in [3.8, 4) is 0 Å². The number of rotatable bonds is 5. The smallest absolute Gasteiger partial charge is 0.321 e. The van der Waals surface area contributed by atoms with Crippen molar-refractivity contribution in [2.75, 3.05) is 32.8 Å². The van der Waals surface area contributed by atoms with E-state index in [1.165, 1.54) is 5.56 Å². The molecule has 4 rings (SSSR count). The number of carbonyl (C=O) groups excluding carboxylic acids is 2. The lowest BCUT2D eigenvalue weighted by molar-refractivity contribution is -0.153. The molecule has 2 aromatic rings. The SMILES string of the molecule is CCOC(=O)C1C(=O)NC(N2CCN(Cc3ccccc3)CC2)=NC1c1cccc(Cl)c1. The first-order valence-corrected chi connectivity index (χ1v) is 11.2. The molecule has 1 saturated heterocycles. The highest BCUT2D eigenvalue weighted by Gasteiger charge is 2.42. The third-order valence-electron chi connectivity index (χ3n) is 5.75. The van der Waals surface area contributed by atoms with Crippen LogP contribution in [0.25, 0.3) is 0 Å². The van der Waals surface area contributed by atoms with Gasteiger partial charge in [0.2, 0.25) is 11.9 Å². The second-order valence-corrected chi connectivity index (χ2v) is 8.36. The lowest BCUT2D eigenvalue weighted by Gasteiger charge is -2.39. The van der Waals surface area contributed by atoms with Gasteiger partial charge >= 0.3 is 5.97 Å². The van der Waals surface area contributed by atoms with Crippen LogP contribution in [-0.2, 0) is 20.9 Å². The summed E-state index contributed by atoms with van der Waals surface area (Å²) in [6.45, 7) is 5.99. The Morgan fingerprint density at radius 3 is 2.56 bits per heavy atom. The Labute approximate surface area is 193 Å². The number of aliphatic imine (C=N–C) groups is 1. The Hall–Kier alpha value is -2.90. The van der Waals surface area contributed by atoms with Crippen LogP contribution in [0.1, 0.15) is 24.1 Å². The average Bonchev–Trinajstić information content (AvgIpc) is 2.80. The molecule has 2 aliphatic rings. The first-order valence-electron chi connectivity index (χ1n) is 10.9. The normalized spacial score (nSPS) is 21.6. The largest absolute Gasteiger partial charge is 0.465 e. The molecule has 32 heavy (non-hydrogen) atoms. The van der Waals surface area contributed by atoms with Crippen LogP contribution in [0, 0.1) is 5.92 Å². The summed E-state index contributed by atoms with van der Waals surface area (Å²) >= 11 is 6.18. The maximum Gasteiger partial charge on any atom is 0.321 e. The van der Waals surface area contributed by atoms with Crippen LogP contribution in [0.4, 0.5) is 0 Å². The van der Waals surface area contributed by atoms with Gasteiger partial charge in [-0.3, -0.25) is 19.8 Å². The lowest BCUT2D eigenvalue weighted by Crippen LogP contribution is -2.57. The quantitative estimate of drug-likeness (QED) is 0.555. The van der Waals surface area contributed by atoms with Gasteiger partial charge in [0, 0.05) is 37.7 Å². The molecular weight excluding hydrogens is 428 g/mol. The first-order chi connectivity index (χ1) is 15.5. The minimum absolute atomic E-state index is 0.199. The summed E-state index contributed by atoms with van der Waals surface area (Å²) in [5.74, 6) is -1.52. The molecule has 8 heteroatoms. The Morgan fingerprint density at radius 1 is 1.12 bits per heavy atom. The number of esters is 1. The highest BCUT2D eigenvalue weighted by molar-refractivity contribution is 6.30. The molecule has 0 aromatic heterocycles. The second kappa shape index (κ2) is 10.1. The second-order valence-electron chi connectivity index (χ2n) is 7.92. The zero-order valence-electron chi connectivity index (χ0n) is 18.0. The molecule has 0 spiro atoms. The number of halogens is 1. The molecule has 168 valence electrons. The van der Waals surface area contributed by atoms with Crippen molar-refractivity contribution in [1.82, 2.24) is 15.1 Å². The Bertz CT molecular complexity index is 990. The molecule has 1 fully saturated rings. The molecule has 0 radical (unpaired) electrons. The van der Waals surface area contributed by atoms with E-state index in [2.05, 4.69) is 27.2 Å². The predicted octanol–water partition coefficient (Wildman–Crippen LogP) is 2.86. The van der Waals surface area contributed by atoms with Crippen molar-refractivity contribution < 1.29 is 14.3 Å². The van der Waals surface area contributed by atoms with Crippen LogP contribution in [0.3, 0.4) is 0 Å². The Balaban J connectivity index is 1.51. The van der Waals surface area contributed by atoms with Gasteiger partial charge in [-0.15, -0.1) is 0 Å². The number of piperazine rings is 1. The summed E-state index contributed by atoms with van der Waals surface area (Å²) in [6.07, 6.45) is 0. The molecule has 2 heterocycles. The van der Waals surface area contributed by atoms with E-state index >= 15 is 0 Å². The average molecular weight is 455 g/mol. The van der Waals surface area contributed by atoms with Gasteiger partial charge in [0.1, 0.15) is 6.04 Å². The summed E-state index contributed by atoms with van der Waals surface area (Å²) in [4.78, 5) is 34.8. The number of guanidine groups is 1. The predicted molar refractivity (Wildman–Crippen MR) is 123 cm³/mol. The zero-order valence-corrected chi connectivity index (χ0v) is 18.8. The number of carbonyl (C=O) groups is 2. The van der Waals surface area contributed by atoms with Crippen molar-refractivity contribution >= 4 is 29.4 Å². The zero-order chi connectivity index (χ0) is 22.5. The molecule has 2 atom stereocenters. The van der Waals surface area contributed by atoms with E-state index in [9.17, 15) is 9.59 Å². The van der Waals surface area contributed by atoms with Gasteiger partial charge in [0.15, 0.2) is 5.92 Å². The van der Waals surface area contributed by atoms with Crippen LogP contribution in [0.5, 0.6) is 0 Å². The van der Waals surface area contributed by atoms with Crippen LogP contribution < -0.4 is 5.32 Å². The Kier molecular flexibility index (Phi) is 7.07. The van der Waals surface area contributed by atoms with Gasteiger partial charge in [-0.2, -0.15) is 0 Å². The van der Waals surface area contributed by atoms with Crippen LogP contribution in [0.15, 0.2) is 59.6 Å². The van der Waals surface area contributed by atoms with E-state index in [1.54, 1.807) is 25.1 Å². The number of hydrogen-bond acceptors (Lipinski definition) is 6. The number of benzene rings is 2. The standard InChI is InChI=1S/C24H27ClN4O3/c1-2-32-23(31)20-21(18-9-6-10-19(25)15-18)26-24(27-22(20)30)29-13-11-28(12-14-29)16-17-7-4-3-5-8-17/h3-10,15,20-21H,2,11-14,16H2,1H3,(H,26,27,30). The minimum atomic E-state index is -1.04. The highest BCUT2D eigenvalue weighted by atomic mass is 35.5. The van der Waals surface area contributed by atoms with Crippen molar-refractivity contribution in [2.24, 2.45) is 10.9 Å². The molecule has 7 nitrogen and oxygen atoms in total. The third-order valence-corrected chi connectivity index (χ3v) is 5.98. The van der Waals surface area contributed by atoms with E-state index in [4.69, 9.17) is 21.3 Å². The van der Waals surface area contributed by atoms with Crippen LogP contribution in [0.2, 0.25) is 5.02 Å². The van der Waals surface area contributed by atoms with Crippen LogP contribution >= 0.6 is 11.6 Å². The molecule has 0 saturated carbocycles. The summed E-state index contributed by atoms with van der Waals surface area (Å²) < 4.78 is 5.16. The van der Waals surface area contributed by atoms with Crippen molar-refractivity contribution in [1.29, 1.82) is 0 Å². The van der Waals surface area contributed by atoms with Gasteiger partial charge < -0.3 is 9.64 Å². The monoisotopic (exact) mass is 454 g/mol. The molecular formula is C24H27ClN4O3. The van der Waals surface area contributed by atoms with E-state index in [-0.39, 0.29) is 6.61 Å². The highest BCUT2D eigenvalue weighted by Crippen LogP contribution is 2.32. The molecule has 0 bridgehead atoms. The summed E-state index contributed by atoms with van der Waals surface area (Å²) in [6, 6.07) is 16.8. The molecule has 1 amide bonds. The minimum Gasteiger partial charge on any atom is -0.465 e. The molecule has 2 aliphatic heterocycles. The molecule has 0 aliphatic carbocycles. The summed E-state index contributed by atoms with van der Waals surface area (Å²) in [5.41, 5.74) is 1.99. The van der Waals surface area contributed by atoms with E-state index < -0.39 is 23.8 Å². The van der Waals surface area contributed by atoms with Gasteiger partial charge in [-0.1, -0.05) is 54.1 Å². The van der Waals surface area contributed by atoms with Crippen LogP contribution in [-0.4, -0.2) is 60.4 Å². The number of amides is 1. The van der Waals surface area contributed by atoms with Crippen molar-refractivity contribution in [3.05, 3.63) is 70.7 Å². The third kappa shape index (κ3) is 5.11. The molecule has 2 aromatic carbocycles. The fourth-order valence-corrected chi connectivity index (χ4v) is 4.31. The maximum atomic E-state index is 13.0. The number of hydrogen-bond donors (Lipinski definition) is 1. The van der Waals surface area contributed by atoms with Gasteiger partial charge in [-0.25, -0.2) is 4.99 Å². The maximum absolute atomic E-state index is 13.0. The van der Waals surface area contributed by atoms with Gasteiger partial charge in [0.25, 0.3) is 0 Å². The lowest BCUT2D eigenvalue weighted by atomic mass is 9.91. The van der Waals surface area contributed by atoms with Gasteiger partial charge in [0.05, 0.1) is 6.61 Å². The number of nitrogens with zero attached hydrogens (tertiary/aromatic N) is 3. The van der Waals surface area contributed by atoms with Crippen molar-refractivity contribution in [2.45, 2.75) is 19.5 Å². The fourth-order valence-electron chi connectivity index (χ4n) is 4.12. The number of nitrogens with one attached hydrogen (secondary N) is 1. The van der Waals surface area contributed by atoms with Gasteiger partial charge in [-0.05, 0) is 30.2 Å². The van der Waals surface area contributed by atoms with E-state index in [0.717, 1.165) is 32.7 Å². The van der Waals surface area contributed by atoms with E-state index in [1.807, 2.05) is 24.3 Å². The summed E-state index contributed by atoms with van der Waals surface area (Å²) in [7, 11) is 0. The Morgan fingerprint density at radius 2 is 1.88 bits per heavy atom. The summed E-state index contributed by atoms with van der Waals surface area (Å²) in [5, 5.41) is 3.37. The molecule has 2 unspecified atom stereocenters. The fraction of sp³-hybridized carbons (Fsp3) is 0.375.